The molecule has 5 nitrogen and oxygen atoms in total. The molecule has 0 aromatic heterocycles. The minimum atomic E-state index is -2.81. The van der Waals surface area contributed by atoms with E-state index >= 15 is 0 Å². The van der Waals surface area contributed by atoms with Crippen molar-refractivity contribution in [2.75, 3.05) is 44.2 Å². The molecule has 3 rings (SSSR count). The van der Waals surface area contributed by atoms with E-state index in [1.54, 1.807) is 24.3 Å². The lowest BCUT2D eigenvalue weighted by molar-refractivity contribution is 0.0916. The van der Waals surface area contributed by atoms with Crippen LogP contribution < -0.4 is 0 Å². The number of Topliss-reactive ketones (excluding diaryl/α,β-unsaturated/α-hetero) is 1. The van der Waals surface area contributed by atoms with Gasteiger partial charge in [0, 0.05) is 42.7 Å². The van der Waals surface area contributed by atoms with E-state index in [-0.39, 0.29) is 5.78 Å². The van der Waals surface area contributed by atoms with Crippen LogP contribution in [0.3, 0.4) is 0 Å². The van der Waals surface area contributed by atoms with Crippen LogP contribution in [0.25, 0.3) is 0 Å². The second kappa shape index (κ2) is 8.16. The first-order valence-electron chi connectivity index (χ1n) is 8.88. The number of hydrogen-bond donors (Lipinski definition) is 0. The van der Waals surface area contributed by atoms with Gasteiger partial charge >= 0.3 is 0 Å². The number of sulfone groups is 1. The lowest BCUT2D eigenvalue weighted by Crippen LogP contribution is -2.50. The van der Waals surface area contributed by atoms with Gasteiger partial charge in [0.1, 0.15) is 0 Å². The van der Waals surface area contributed by atoms with Gasteiger partial charge in [0.15, 0.2) is 15.6 Å². The third-order valence-electron chi connectivity index (χ3n) is 5.27. The Labute approximate surface area is 154 Å². The Morgan fingerprint density at radius 1 is 1.04 bits per heavy atom. The maximum Gasteiger partial charge on any atom is 0.164 e. The quantitative estimate of drug-likeness (QED) is 0.728. The molecule has 0 bridgehead atoms. The van der Waals surface area contributed by atoms with Crippen molar-refractivity contribution in [3.8, 4) is 0 Å². The van der Waals surface area contributed by atoms with Crippen molar-refractivity contribution in [1.29, 1.82) is 0 Å². The summed E-state index contributed by atoms with van der Waals surface area (Å²) < 4.78 is 23.1. The maximum atomic E-state index is 12.2. The van der Waals surface area contributed by atoms with Gasteiger partial charge in [-0.1, -0.05) is 11.6 Å². The molecule has 0 aliphatic carbocycles. The summed E-state index contributed by atoms with van der Waals surface area (Å²) in [4.78, 5) is 16.9. The molecule has 1 aromatic rings. The van der Waals surface area contributed by atoms with E-state index in [0.29, 0.717) is 47.6 Å². The summed E-state index contributed by atoms with van der Waals surface area (Å²) in [6.45, 7) is 4.07. The van der Waals surface area contributed by atoms with Crippen molar-refractivity contribution in [3.63, 3.8) is 0 Å². The van der Waals surface area contributed by atoms with Crippen molar-refractivity contribution < 1.29 is 13.2 Å². The van der Waals surface area contributed by atoms with Crippen LogP contribution in [0.4, 0.5) is 0 Å². The number of halogens is 1. The van der Waals surface area contributed by atoms with Gasteiger partial charge in [-0.15, -0.1) is 0 Å². The summed E-state index contributed by atoms with van der Waals surface area (Å²) in [6, 6.07) is 7.54. The molecule has 0 saturated carbocycles. The van der Waals surface area contributed by atoms with E-state index in [2.05, 4.69) is 9.80 Å². The highest BCUT2D eigenvalue weighted by molar-refractivity contribution is 7.91. The number of piperidine rings is 1. The van der Waals surface area contributed by atoms with E-state index in [4.69, 9.17) is 11.6 Å². The molecule has 0 unspecified atom stereocenters. The van der Waals surface area contributed by atoms with Gasteiger partial charge < -0.3 is 4.90 Å². The molecule has 0 N–H and O–H groups in total. The number of carbonyl (C=O) groups excluding carboxylic acids is 1. The van der Waals surface area contributed by atoms with E-state index in [1.807, 2.05) is 0 Å². The molecule has 2 saturated heterocycles. The number of benzene rings is 1. The number of ketones is 1. The van der Waals surface area contributed by atoms with Crippen molar-refractivity contribution >= 4 is 27.2 Å². The molecule has 0 spiro atoms. The summed E-state index contributed by atoms with van der Waals surface area (Å²) in [5.41, 5.74) is 0.716. The van der Waals surface area contributed by atoms with Crippen molar-refractivity contribution in [2.24, 2.45) is 0 Å². The second-order valence-electron chi connectivity index (χ2n) is 6.94. The zero-order valence-electron chi connectivity index (χ0n) is 14.4. The SMILES string of the molecule is O=C(CCN1CCC(N2CCS(=O)(=O)CC2)CC1)c1ccc(Cl)cc1. The Balaban J connectivity index is 1.41. The number of carbonyl (C=O) groups is 1. The van der Waals surface area contributed by atoms with Crippen LogP contribution in [0.15, 0.2) is 24.3 Å². The third-order valence-corrected chi connectivity index (χ3v) is 7.13. The Kier molecular flexibility index (Phi) is 6.15. The number of likely N-dealkylation sites (tertiary alicyclic amines) is 1. The predicted molar refractivity (Wildman–Crippen MR) is 100 cm³/mol. The van der Waals surface area contributed by atoms with Crippen LogP contribution in [0.1, 0.15) is 29.6 Å². The van der Waals surface area contributed by atoms with Gasteiger partial charge in [0.25, 0.3) is 0 Å². The summed E-state index contributed by atoms with van der Waals surface area (Å²) in [6.07, 6.45) is 2.62. The number of rotatable bonds is 5. The molecule has 0 amide bonds. The van der Waals surface area contributed by atoms with Crippen LogP contribution in [-0.2, 0) is 9.84 Å². The lowest BCUT2D eigenvalue weighted by atomic mass is 10.0. The van der Waals surface area contributed by atoms with Gasteiger partial charge in [-0.25, -0.2) is 8.42 Å². The third kappa shape index (κ3) is 5.26. The van der Waals surface area contributed by atoms with Gasteiger partial charge in [-0.2, -0.15) is 0 Å². The lowest BCUT2D eigenvalue weighted by Gasteiger charge is -2.40. The molecule has 138 valence electrons. The predicted octanol–water partition coefficient (Wildman–Crippen LogP) is 2.11. The van der Waals surface area contributed by atoms with Crippen LogP contribution in [0, 0.1) is 0 Å². The molecule has 7 heteroatoms. The highest BCUT2D eigenvalue weighted by Crippen LogP contribution is 2.19. The molecular formula is C18H25ClN2O3S. The van der Waals surface area contributed by atoms with Gasteiger partial charge in [0.2, 0.25) is 0 Å². The first-order valence-corrected chi connectivity index (χ1v) is 11.1. The molecular weight excluding hydrogens is 360 g/mol. The minimum absolute atomic E-state index is 0.153. The normalized spacial score (nSPS) is 22.8. The molecule has 2 aliphatic heterocycles. The standard InChI is InChI=1S/C18H25ClN2O3S/c19-16-3-1-15(2-4-16)18(22)7-10-20-8-5-17(6-9-20)21-11-13-25(23,24)14-12-21/h1-4,17H,5-14H2. The van der Waals surface area contributed by atoms with Gasteiger partial charge in [-0.05, 0) is 50.2 Å². The maximum absolute atomic E-state index is 12.2. The fourth-order valence-corrected chi connectivity index (χ4v) is 5.00. The fraction of sp³-hybridized carbons (Fsp3) is 0.611. The first-order chi connectivity index (χ1) is 11.9. The van der Waals surface area contributed by atoms with Crippen molar-refractivity contribution in [3.05, 3.63) is 34.9 Å². The highest BCUT2D eigenvalue weighted by atomic mass is 35.5. The van der Waals surface area contributed by atoms with E-state index in [9.17, 15) is 13.2 Å². The largest absolute Gasteiger partial charge is 0.303 e. The zero-order valence-corrected chi connectivity index (χ0v) is 15.9. The van der Waals surface area contributed by atoms with Crippen molar-refractivity contribution in [1.82, 2.24) is 9.80 Å². The molecule has 2 aliphatic rings. The molecule has 0 radical (unpaired) electrons. The summed E-state index contributed by atoms with van der Waals surface area (Å²) >= 11 is 5.85. The van der Waals surface area contributed by atoms with Crippen LogP contribution in [-0.4, -0.2) is 74.3 Å². The van der Waals surface area contributed by atoms with E-state index in [1.165, 1.54) is 0 Å². The fourth-order valence-electron chi connectivity index (χ4n) is 3.64. The summed E-state index contributed by atoms with van der Waals surface area (Å²) in [7, 11) is -2.81. The van der Waals surface area contributed by atoms with Crippen LogP contribution >= 0.6 is 11.6 Å². The zero-order chi connectivity index (χ0) is 17.9. The Bertz CT molecular complexity index is 684. The average Bonchev–Trinajstić information content (AvgIpc) is 2.61. The Hall–Kier alpha value is -0.950. The first kappa shape index (κ1) is 18.8. The molecule has 0 atom stereocenters. The van der Waals surface area contributed by atoms with Crippen LogP contribution in [0.5, 0.6) is 0 Å². The highest BCUT2D eigenvalue weighted by Gasteiger charge is 2.29. The minimum Gasteiger partial charge on any atom is -0.303 e. The number of hydrogen-bond acceptors (Lipinski definition) is 5. The van der Waals surface area contributed by atoms with Crippen LogP contribution in [0.2, 0.25) is 5.02 Å². The second-order valence-corrected chi connectivity index (χ2v) is 9.68. The number of nitrogens with zero attached hydrogens (tertiary/aromatic N) is 2. The van der Waals surface area contributed by atoms with Crippen molar-refractivity contribution in [2.45, 2.75) is 25.3 Å². The molecule has 25 heavy (non-hydrogen) atoms. The smallest absolute Gasteiger partial charge is 0.164 e. The van der Waals surface area contributed by atoms with Gasteiger partial charge in [-0.3, -0.25) is 9.69 Å². The van der Waals surface area contributed by atoms with E-state index < -0.39 is 9.84 Å². The summed E-state index contributed by atoms with van der Waals surface area (Å²) in [5, 5.41) is 0.643. The Morgan fingerprint density at radius 3 is 2.24 bits per heavy atom. The van der Waals surface area contributed by atoms with Gasteiger partial charge in [0.05, 0.1) is 11.5 Å². The summed E-state index contributed by atoms with van der Waals surface area (Å²) in [5.74, 6) is 0.742. The Morgan fingerprint density at radius 2 is 1.64 bits per heavy atom. The topological polar surface area (TPSA) is 57.7 Å². The molecule has 2 heterocycles. The molecule has 2 fully saturated rings. The monoisotopic (exact) mass is 384 g/mol. The molecule has 1 aromatic carbocycles. The van der Waals surface area contributed by atoms with E-state index in [0.717, 1.165) is 32.5 Å². The average molecular weight is 385 g/mol.